The van der Waals surface area contributed by atoms with Crippen LogP contribution in [0, 0.1) is 3.57 Å². The molecule has 1 atom stereocenters. The average Bonchev–Trinajstić information content (AvgIpc) is 3.19. The van der Waals surface area contributed by atoms with Crippen LogP contribution in [-0.2, 0) is 9.53 Å². The van der Waals surface area contributed by atoms with Gasteiger partial charge in [0.1, 0.15) is 0 Å². The van der Waals surface area contributed by atoms with Crippen LogP contribution in [0.1, 0.15) is 37.9 Å². The number of hydrogen-bond acceptors (Lipinski definition) is 9. The van der Waals surface area contributed by atoms with Gasteiger partial charge >= 0.3 is 5.97 Å². The number of carbonyl (C=O) groups is 1. The van der Waals surface area contributed by atoms with Gasteiger partial charge in [0.15, 0.2) is 27.8 Å². The van der Waals surface area contributed by atoms with Gasteiger partial charge in [0.2, 0.25) is 0 Å². The zero-order chi connectivity index (χ0) is 27.6. The standard InChI is InChI=1S/C27H27IN2O7S/c1-6-36-20-11-15(10-17(28)24(20)31)12-21-25(32)30-23(16-8-9-18(34-4)19(13-16)35-5)22(26(33)37-7-2)14(3)29-27(30)38-21/h8-13,23,31H,6-7H2,1-5H3/b21-12-. The Kier molecular flexibility index (Phi) is 8.46. The first-order chi connectivity index (χ1) is 18.2. The molecule has 3 aromatic rings. The summed E-state index contributed by atoms with van der Waals surface area (Å²) in [4.78, 5) is 32.0. The fraction of sp³-hybridized carbons (Fsp3) is 0.296. The molecule has 2 aromatic carbocycles. The van der Waals surface area contributed by atoms with Crippen molar-refractivity contribution in [2.75, 3.05) is 27.4 Å². The van der Waals surface area contributed by atoms with Crippen LogP contribution < -0.4 is 29.1 Å². The molecule has 0 fully saturated rings. The van der Waals surface area contributed by atoms with Gasteiger partial charge in [-0.1, -0.05) is 17.4 Å². The van der Waals surface area contributed by atoms with Gasteiger partial charge in [-0.15, -0.1) is 0 Å². The van der Waals surface area contributed by atoms with Crippen LogP contribution in [0.3, 0.4) is 0 Å². The molecule has 0 spiro atoms. The maximum Gasteiger partial charge on any atom is 0.338 e. The van der Waals surface area contributed by atoms with Gasteiger partial charge < -0.3 is 24.1 Å². The Hall–Kier alpha value is -3.32. The Morgan fingerprint density at radius 2 is 1.87 bits per heavy atom. The Bertz CT molecular complexity index is 1610. The molecule has 38 heavy (non-hydrogen) atoms. The monoisotopic (exact) mass is 650 g/mol. The molecule has 1 aliphatic rings. The highest BCUT2D eigenvalue weighted by Gasteiger charge is 2.34. The second-order valence-electron chi connectivity index (χ2n) is 8.20. The second-order valence-corrected chi connectivity index (χ2v) is 10.4. The van der Waals surface area contributed by atoms with Crippen molar-refractivity contribution in [3.8, 4) is 23.0 Å². The van der Waals surface area contributed by atoms with Crippen molar-refractivity contribution in [2.45, 2.75) is 26.8 Å². The zero-order valence-electron chi connectivity index (χ0n) is 21.5. The number of aromatic nitrogens is 1. The Labute approximate surface area is 236 Å². The predicted octanol–water partition coefficient (Wildman–Crippen LogP) is 3.52. The number of thiazole rings is 1. The van der Waals surface area contributed by atoms with Crippen molar-refractivity contribution in [1.82, 2.24) is 4.57 Å². The summed E-state index contributed by atoms with van der Waals surface area (Å²) in [6, 6.07) is 7.92. The van der Waals surface area contributed by atoms with Crippen molar-refractivity contribution in [1.29, 1.82) is 0 Å². The molecule has 2 heterocycles. The number of phenolic OH excluding ortho intramolecular Hbond substituents is 1. The number of halogens is 1. The summed E-state index contributed by atoms with van der Waals surface area (Å²) in [6.45, 7) is 5.85. The van der Waals surface area contributed by atoms with Crippen molar-refractivity contribution in [3.05, 3.63) is 76.0 Å². The molecule has 0 saturated heterocycles. The lowest BCUT2D eigenvalue weighted by molar-refractivity contribution is -0.139. The minimum absolute atomic E-state index is 0.0502. The molecule has 9 nitrogen and oxygen atoms in total. The molecule has 0 bridgehead atoms. The van der Waals surface area contributed by atoms with E-state index in [1.165, 1.54) is 30.1 Å². The summed E-state index contributed by atoms with van der Waals surface area (Å²) >= 11 is 3.23. The normalized spacial score (nSPS) is 15.1. The SMILES string of the molecule is CCOC(=O)C1=C(C)N=c2s/c(=C\c3cc(I)c(O)c(OCC)c3)c(=O)n2C1c1ccc(OC)c(OC)c1. The Morgan fingerprint density at radius 1 is 1.13 bits per heavy atom. The molecular formula is C27H27IN2O7S. The highest BCUT2D eigenvalue weighted by atomic mass is 127. The van der Waals surface area contributed by atoms with Crippen LogP contribution in [0.25, 0.3) is 6.08 Å². The van der Waals surface area contributed by atoms with Gasteiger partial charge in [-0.3, -0.25) is 9.36 Å². The van der Waals surface area contributed by atoms with E-state index in [0.717, 1.165) is 0 Å². The molecular weight excluding hydrogens is 623 g/mol. The van der Waals surface area contributed by atoms with E-state index in [1.807, 2.05) is 29.5 Å². The number of rotatable bonds is 8. The molecule has 200 valence electrons. The number of esters is 1. The van der Waals surface area contributed by atoms with Crippen LogP contribution >= 0.6 is 33.9 Å². The number of hydrogen-bond donors (Lipinski definition) is 1. The lowest BCUT2D eigenvalue weighted by Crippen LogP contribution is -2.40. The number of carbonyl (C=O) groups excluding carboxylic acids is 1. The summed E-state index contributed by atoms with van der Waals surface area (Å²) in [5.41, 5.74) is 1.75. The van der Waals surface area contributed by atoms with Crippen molar-refractivity contribution >= 4 is 46.0 Å². The maximum absolute atomic E-state index is 13.8. The second kappa shape index (κ2) is 11.6. The Morgan fingerprint density at radius 3 is 2.53 bits per heavy atom. The lowest BCUT2D eigenvalue weighted by atomic mass is 9.95. The minimum atomic E-state index is -0.786. The third-order valence-electron chi connectivity index (χ3n) is 5.89. The highest BCUT2D eigenvalue weighted by Crippen LogP contribution is 2.36. The van der Waals surface area contributed by atoms with E-state index in [1.54, 1.807) is 50.3 Å². The van der Waals surface area contributed by atoms with E-state index in [0.29, 0.717) is 53.6 Å². The third kappa shape index (κ3) is 5.17. The molecule has 4 rings (SSSR count). The Balaban J connectivity index is 1.96. The van der Waals surface area contributed by atoms with Crippen LogP contribution in [0.5, 0.6) is 23.0 Å². The summed E-state index contributed by atoms with van der Waals surface area (Å²) in [7, 11) is 3.06. The molecule has 11 heteroatoms. The van der Waals surface area contributed by atoms with E-state index in [-0.39, 0.29) is 23.5 Å². The summed E-state index contributed by atoms with van der Waals surface area (Å²) in [5, 5.41) is 10.3. The van der Waals surface area contributed by atoms with Crippen LogP contribution in [0.2, 0.25) is 0 Å². The summed E-state index contributed by atoms with van der Waals surface area (Å²) in [6.07, 6.45) is 1.73. The van der Waals surface area contributed by atoms with Crippen LogP contribution in [0.15, 0.2) is 51.4 Å². The number of aromatic hydroxyl groups is 1. The van der Waals surface area contributed by atoms with Gasteiger partial charge in [-0.2, -0.15) is 0 Å². The van der Waals surface area contributed by atoms with Gasteiger partial charge in [0, 0.05) is 0 Å². The lowest BCUT2D eigenvalue weighted by Gasteiger charge is -2.25. The summed E-state index contributed by atoms with van der Waals surface area (Å²) < 4.78 is 24.3. The zero-order valence-corrected chi connectivity index (χ0v) is 24.5. The van der Waals surface area contributed by atoms with Gasteiger partial charge in [0.05, 0.1) is 52.8 Å². The van der Waals surface area contributed by atoms with Gasteiger partial charge in [-0.05, 0) is 84.8 Å². The first-order valence-corrected chi connectivity index (χ1v) is 13.7. The predicted molar refractivity (Wildman–Crippen MR) is 152 cm³/mol. The smallest absolute Gasteiger partial charge is 0.338 e. The number of fused-ring (bicyclic) bond motifs is 1. The average molecular weight is 650 g/mol. The molecule has 0 amide bonds. The largest absolute Gasteiger partial charge is 0.504 e. The van der Waals surface area contributed by atoms with E-state index >= 15 is 0 Å². The van der Waals surface area contributed by atoms with E-state index in [9.17, 15) is 14.7 Å². The number of methoxy groups -OCH3 is 2. The molecule has 0 aliphatic carbocycles. The van der Waals surface area contributed by atoms with Gasteiger partial charge in [-0.25, -0.2) is 9.79 Å². The quantitative estimate of drug-likeness (QED) is 0.294. The van der Waals surface area contributed by atoms with Crippen molar-refractivity contribution in [2.24, 2.45) is 4.99 Å². The third-order valence-corrected chi connectivity index (χ3v) is 7.69. The molecule has 0 saturated carbocycles. The molecule has 1 unspecified atom stereocenters. The molecule has 1 N–H and O–H groups in total. The topological polar surface area (TPSA) is 109 Å². The van der Waals surface area contributed by atoms with E-state index < -0.39 is 12.0 Å². The minimum Gasteiger partial charge on any atom is -0.504 e. The van der Waals surface area contributed by atoms with E-state index in [4.69, 9.17) is 18.9 Å². The number of nitrogens with zero attached hydrogens (tertiary/aromatic N) is 2. The molecule has 0 radical (unpaired) electrons. The summed E-state index contributed by atoms with van der Waals surface area (Å²) in [5.74, 6) is 0.828. The van der Waals surface area contributed by atoms with Crippen LogP contribution in [0.4, 0.5) is 0 Å². The molecule has 1 aliphatic heterocycles. The number of ether oxygens (including phenoxy) is 4. The fourth-order valence-electron chi connectivity index (χ4n) is 4.22. The number of benzene rings is 2. The fourth-order valence-corrected chi connectivity index (χ4v) is 5.90. The first-order valence-electron chi connectivity index (χ1n) is 11.8. The number of allylic oxidation sites excluding steroid dienone is 1. The van der Waals surface area contributed by atoms with Crippen LogP contribution in [-0.4, -0.2) is 43.1 Å². The van der Waals surface area contributed by atoms with Crippen molar-refractivity contribution in [3.63, 3.8) is 0 Å². The maximum atomic E-state index is 13.8. The van der Waals surface area contributed by atoms with E-state index in [2.05, 4.69) is 4.99 Å². The van der Waals surface area contributed by atoms with Gasteiger partial charge in [0.25, 0.3) is 5.56 Å². The first kappa shape index (κ1) is 27.7. The van der Waals surface area contributed by atoms with Crippen molar-refractivity contribution < 1.29 is 28.8 Å². The molecule has 1 aromatic heterocycles. The number of phenols is 1. The highest BCUT2D eigenvalue weighted by molar-refractivity contribution is 14.1.